The number of rotatable bonds is 9. The summed E-state index contributed by atoms with van der Waals surface area (Å²) in [4.78, 5) is 0. The predicted molar refractivity (Wildman–Crippen MR) is 73.1 cm³/mol. The minimum absolute atomic E-state index is 0.0445. The number of hydrogen-bond acceptors (Lipinski definition) is 3. The van der Waals surface area contributed by atoms with Gasteiger partial charge in [-0.25, -0.2) is 0 Å². The molecule has 0 aromatic carbocycles. The summed E-state index contributed by atoms with van der Waals surface area (Å²) in [6.45, 7) is 6.94. The van der Waals surface area contributed by atoms with E-state index in [9.17, 15) is 5.11 Å². The summed E-state index contributed by atoms with van der Waals surface area (Å²) in [6, 6.07) is 0.680. The highest BCUT2D eigenvalue weighted by molar-refractivity contribution is 7.99. The molecule has 0 spiro atoms. The molecule has 3 heteroatoms. The molecule has 1 rings (SSSR count). The van der Waals surface area contributed by atoms with Crippen LogP contribution in [-0.2, 0) is 0 Å². The highest BCUT2D eigenvalue weighted by Crippen LogP contribution is 2.25. The van der Waals surface area contributed by atoms with Gasteiger partial charge in [-0.2, -0.15) is 11.8 Å². The molecule has 2 nitrogen and oxygen atoms in total. The summed E-state index contributed by atoms with van der Waals surface area (Å²) in [5, 5.41) is 13.8. The average molecular weight is 245 g/mol. The molecule has 16 heavy (non-hydrogen) atoms. The van der Waals surface area contributed by atoms with E-state index in [0.717, 1.165) is 11.7 Å². The van der Waals surface area contributed by atoms with E-state index in [2.05, 4.69) is 37.8 Å². The fraction of sp³-hybridized carbons (Fsp3) is 1.00. The van der Waals surface area contributed by atoms with Crippen LogP contribution in [0.3, 0.4) is 0 Å². The lowest BCUT2D eigenvalue weighted by Gasteiger charge is -2.29. The first-order valence-electron chi connectivity index (χ1n) is 6.60. The second kappa shape index (κ2) is 6.87. The third kappa shape index (κ3) is 5.55. The predicted octanol–water partition coefficient (Wildman–Crippen LogP) is 2.80. The molecule has 1 fully saturated rings. The van der Waals surface area contributed by atoms with Gasteiger partial charge in [0.2, 0.25) is 0 Å². The third-order valence-corrected chi connectivity index (χ3v) is 4.76. The maximum atomic E-state index is 9.45. The van der Waals surface area contributed by atoms with Crippen molar-refractivity contribution in [3.63, 3.8) is 0 Å². The minimum Gasteiger partial charge on any atom is -0.394 e. The summed E-state index contributed by atoms with van der Waals surface area (Å²) < 4.78 is 0. The van der Waals surface area contributed by atoms with E-state index < -0.39 is 0 Å². The summed E-state index contributed by atoms with van der Waals surface area (Å²) in [5.74, 6) is 1.22. The molecule has 1 saturated carbocycles. The van der Waals surface area contributed by atoms with Gasteiger partial charge >= 0.3 is 0 Å². The third-order valence-electron chi connectivity index (χ3n) is 3.33. The largest absolute Gasteiger partial charge is 0.394 e. The van der Waals surface area contributed by atoms with E-state index in [4.69, 9.17) is 0 Å². The second-order valence-electron chi connectivity index (χ2n) is 5.33. The van der Waals surface area contributed by atoms with E-state index in [1.165, 1.54) is 31.4 Å². The highest BCUT2D eigenvalue weighted by Gasteiger charge is 2.31. The van der Waals surface area contributed by atoms with Crippen molar-refractivity contribution in [2.75, 3.05) is 12.4 Å². The number of aliphatic hydroxyl groups is 1. The molecule has 0 aromatic rings. The Labute approximate surface area is 105 Å². The molecule has 0 aromatic heterocycles. The van der Waals surface area contributed by atoms with Crippen molar-refractivity contribution < 1.29 is 5.11 Å². The average Bonchev–Trinajstić information content (AvgIpc) is 3.08. The van der Waals surface area contributed by atoms with Crippen molar-refractivity contribution in [1.29, 1.82) is 0 Å². The van der Waals surface area contributed by atoms with Crippen LogP contribution in [0, 0.1) is 0 Å². The molecule has 0 aliphatic heterocycles. The van der Waals surface area contributed by atoms with Crippen molar-refractivity contribution >= 4 is 11.8 Å². The van der Waals surface area contributed by atoms with Gasteiger partial charge in [-0.1, -0.05) is 13.8 Å². The van der Waals surface area contributed by atoms with Crippen LogP contribution in [0.1, 0.15) is 52.9 Å². The minimum atomic E-state index is -0.0445. The van der Waals surface area contributed by atoms with Gasteiger partial charge in [0.1, 0.15) is 0 Å². The Bertz CT molecular complexity index is 196. The lowest BCUT2D eigenvalue weighted by molar-refractivity contribution is 0.163. The Balaban J connectivity index is 2.12. The number of thioether (sulfide) groups is 1. The molecule has 2 atom stereocenters. The number of nitrogens with one attached hydrogen (secondary N) is 1. The Morgan fingerprint density at radius 1 is 1.50 bits per heavy atom. The van der Waals surface area contributed by atoms with Crippen LogP contribution in [0.5, 0.6) is 0 Å². The quantitative estimate of drug-likeness (QED) is 0.613. The Hall–Kier alpha value is 0.270. The summed E-state index contributed by atoms with van der Waals surface area (Å²) >= 11 is 2.05. The van der Waals surface area contributed by atoms with Gasteiger partial charge in [-0.3, -0.25) is 0 Å². The number of aliphatic hydroxyl groups excluding tert-OH is 1. The van der Waals surface area contributed by atoms with E-state index >= 15 is 0 Å². The zero-order valence-corrected chi connectivity index (χ0v) is 11.8. The monoisotopic (exact) mass is 245 g/mol. The maximum absolute atomic E-state index is 9.45. The molecule has 1 aliphatic carbocycles. The fourth-order valence-electron chi connectivity index (χ4n) is 1.78. The van der Waals surface area contributed by atoms with Crippen molar-refractivity contribution in [3.05, 3.63) is 0 Å². The fourth-order valence-corrected chi connectivity index (χ4v) is 2.73. The Morgan fingerprint density at radius 2 is 2.19 bits per heavy atom. The number of hydrogen-bond donors (Lipinski definition) is 2. The smallest absolute Gasteiger partial charge is 0.0610 e. The van der Waals surface area contributed by atoms with Gasteiger partial charge in [0.25, 0.3) is 0 Å². The van der Waals surface area contributed by atoms with E-state index in [0.29, 0.717) is 6.04 Å². The van der Waals surface area contributed by atoms with E-state index in [1.807, 2.05) is 0 Å². The molecule has 1 aliphatic rings. The van der Waals surface area contributed by atoms with Gasteiger partial charge < -0.3 is 10.4 Å². The lowest BCUT2D eigenvalue weighted by Crippen LogP contribution is -2.47. The van der Waals surface area contributed by atoms with Crippen LogP contribution in [0.2, 0.25) is 0 Å². The zero-order chi connectivity index (χ0) is 12.0. The standard InChI is InChI=1S/C13H27NOS/c1-4-11(2)16-9-5-8-13(3,10-15)14-12-6-7-12/h11-12,14-15H,4-10H2,1-3H3. The molecular formula is C13H27NOS. The van der Waals surface area contributed by atoms with Gasteiger partial charge in [-0.05, 0) is 44.8 Å². The SMILES string of the molecule is CCC(C)SCCCC(C)(CO)NC1CC1. The van der Waals surface area contributed by atoms with Crippen LogP contribution in [0.25, 0.3) is 0 Å². The van der Waals surface area contributed by atoms with Crippen molar-refractivity contribution in [1.82, 2.24) is 5.32 Å². The van der Waals surface area contributed by atoms with Gasteiger partial charge in [0, 0.05) is 16.8 Å². The molecule has 0 saturated heterocycles. The van der Waals surface area contributed by atoms with Crippen LogP contribution < -0.4 is 5.32 Å². The Kier molecular flexibility index (Phi) is 6.16. The molecule has 0 bridgehead atoms. The highest BCUT2D eigenvalue weighted by atomic mass is 32.2. The van der Waals surface area contributed by atoms with Gasteiger partial charge in [0.15, 0.2) is 0 Å². The molecule has 0 heterocycles. The van der Waals surface area contributed by atoms with Crippen LogP contribution >= 0.6 is 11.8 Å². The van der Waals surface area contributed by atoms with Crippen LogP contribution in [0.15, 0.2) is 0 Å². The van der Waals surface area contributed by atoms with Crippen molar-refractivity contribution in [3.8, 4) is 0 Å². The van der Waals surface area contributed by atoms with Crippen molar-refractivity contribution in [2.45, 2.75) is 69.7 Å². The first-order valence-corrected chi connectivity index (χ1v) is 7.64. The van der Waals surface area contributed by atoms with E-state index in [1.54, 1.807) is 0 Å². The lowest BCUT2D eigenvalue weighted by atomic mass is 9.97. The maximum Gasteiger partial charge on any atom is 0.0610 e. The molecule has 96 valence electrons. The zero-order valence-electron chi connectivity index (χ0n) is 11.0. The molecule has 2 N–H and O–H groups in total. The summed E-state index contributed by atoms with van der Waals surface area (Å²) in [7, 11) is 0. The molecule has 0 radical (unpaired) electrons. The molecule has 2 unspecified atom stereocenters. The first-order chi connectivity index (χ1) is 7.59. The van der Waals surface area contributed by atoms with Gasteiger partial charge in [0.05, 0.1) is 6.61 Å². The molecule has 0 amide bonds. The topological polar surface area (TPSA) is 32.3 Å². The molecular weight excluding hydrogens is 218 g/mol. The second-order valence-corrected chi connectivity index (χ2v) is 6.88. The van der Waals surface area contributed by atoms with Crippen molar-refractivity contribution in [2.24, 2.45) is 0 Å². The van der Waals surface area contributed by atoms with Crippen LogP contribution in [-0.4, -0.2) is 34.3 Å². The van der Waals surface area contributed by atoms with Crippen LogP contribution in [0.4, 0.5) is 0 Å². The van der Waals surface area contributed by atoms with E-state index in [-0.39, 0.29) is 12.1 Å². The summed E-state index contributed by atoms with van der Waals surface area (Å²) in [6.07, 6.45) is 6.12. The normalized spacial score (nSPS) is 21.8. The summed E-state index contributed by atoms with van der Waals surface area (Å²) in [5.41, 5.74) is -0.0445. The Morgan fingerprint density at radius 3 is 2.69 bits per heavy atom. The first kappa shape index (κ1) is 14.3. The van der Waals surface area contributed by atoms with Gasteiger partial charge in [-0.15, -0.1) is 0 Å².